The Morgan fingerprint density at radius 2 is 1.93 bits per heavy atom. The Morgan fingerprint density at radius 3 is 2.55 bits per heavy atom. The molecule has 2 heterocycles. The predicted molar refractivity (Wildman–Crippen MR) is 106 cm³/mol. The van der Waals surface area contributed by atoms with Crippen LogP contribution in [0.15, 0.2) is 44.3 Å². The van der Waals surface area contributed by atoms with Crippen LogP contribution in [0.4, 0.5) is 11.4 Å². The molecule has 0 radical (unpaired) electrons. The Morgan fingerprint density at radius 1 is 1.24 bits per heavy atom. The van der Waals surface area contributed by atoms with Gasteiger partial charge in [-0.05, 0) is 31.2 Å². The molecular weight excluding hydrogens is 470 g/mol. The van der Waals surface area contributed by atoms with Gasteiger partial charge in [-0.15, -0.1) is 0 Å². The number of piperazine rings is 1. The number of halogens is 1. The Hall–Kier alpha value is -2.44. The van der Waals surface area contributed by atoms with Crippen LogP contribution < -0.4 is 4.90 Å². The second kappa shape index (κ2) is 8.51. The van der Waals surface area contributed by atoms with E-state index in [4.69, 9.17) is 9.15 Å². The van der Waals surface area contributed by atoms with Gasteiger partial charge in [0.1, 0.15) is 5.69 Å². The molecule has 1 aromatic heterocycles. The molecule has 0 unspecified atom stereocenters. The summed E-state index contributed by atoms with van der Waals surface area (Å²) < 4.78 is 37.4. The van der Waals surface area contributed by atoms with Crippen molar-refractivity contribution in [3.8, 4) is 0 Å². The molecule has 0 saturated carbocycles. The number of hydrogen-bond acceptors (Lipinski definition) is 8. The van der Waals surface area contributed by atoms with E-state index in [1.165, 1.54) is 22.5 Å². The topological polar surface area (TPSA) is 123 Å². The van der Waals surface area contributed by atoms with E-state index in [0.717, 1.165) is 0 Å². The van der Waals surface area contributed by atoms with E-state index in [0.29, 0.717) is 10.2 Å². The average molecular weight is 488 g/mol. The molecule has 156 valence electrons. The van der Waals surface area contributed by atoms with Crippen molar-refractivity contribution in [3.05, 3.63) is 50.7 Å². The van der Waals surface area contributed by atoms with Gasteiger partial charge in [0.25, 0.3) is 15.7 Å². The Bertz CT molecular complexity index is 1030. The van der Waals surface area contributed by atoms with Crippen LogP contribution in [0.5, 0.6) is 0 Å². The number of esters is 1. The van der Waals surface area contributed by atoms with E-state index in [-0.39, 0.29) is 49.3 Å². The summed E-state index contributed by atoms with van der Waals surface area (Å²) in [6.45, 7) is 2.55. The first-order chi connectivity index (χ1) is 13.7. The minimum absolute atomic E-state index is 0.0548. The maximum absolute atomic E-state index is 12.8. The van der Waals surface area contributed by atoms with Crippen LogP contribution >= 0.6 is 15.9 Å². The first kappa shape index (κ1) is 21.3. The molecule has 10 nitrogen and oxygen atoms in total. The molecule has 1 aliphatic heterocycles. The van der Waals surface area contributed by atoms with Gasteiger partial charge >= 0.3 is 5.97 Å². The highest BCUT2D eigenvalue weighted by molar-refractivity contribution is 9.10. The first-order valence-corrected chi connectivity index (χ1v) is 10.9. The second-order valence-electron chi connectivity index (χ2n) is 6.12. The summed E-state index contributed by atoms with van der Waals surface area (Å²) in [4.78, 5) is 24.3. The van der Waals surface area contributed by atoms with Crippen molar-refractivity contribution in [1.29, 1.82) is 0 Å². The van der Waals surface area contributed by atoms with Crippen molar-refractivity contribution in [1.82, 2.24) is 4.31 Å². The molecule has 0 N–H and O–H groups in total. The average Bonchev–Trinajstić information content (AvgIpc) is 3.19. The molecule has 2 aromatic rings. The molecule has 0 aliphatic carbocycles. The molecule has 3 rings (SSSR count). The number of anilines is 1. The number of carbonyl (C=O) groups is 1. The lowest BCUT2D eigenvalue weighted by molar-refractivity contribution is -0.384. The van der Waals surface area contributed by atoms with Crippen LogP contribution in [0.1, 0.15) is 17.5 Å². The van der Waals surface area contributed by atoms with E-state index in [1.807, 2.05) is 0 Å². The summed E-state index contributed by atoms with van der Waals surface area (Å²) in [6.07, 6.45) is 0. The molecule has 0 amide bonds. The molecule has 12 heteroatoms. The minimum Gasteiger partial charge on any atom is -0.460 e. The van der Waals surface area contributed by atoms with Gasteiger partial charge in [0.05, 0.1) is 11.5 Å². The highest BCUT2D eigenvalue weighted by atomic mass is 79.9. The maximum atomic E-state index is 12.8. The Balaban J connectivity index is 1.74. The number of rotatable bonds is 6. The number of nitrogens with zero attached hydrogens (tertiary/aromatic N) is 3. The molecule has 0 spiro atoms. The van der Waals surface area contributed by atoms with E-state index in [1.54, 1.807) is 24.0 Å². The fraction of sp³-hybridized carbons (Fsp3) is 0.353. The summed E-state index contributed by atoms with van der Waals surface area (Å²) in [5.74, 6) is -0.920. The molecule has 1 aliphatic rings. The van der Waals surface area contributed by atoms with Gasteiger partial charge in [-0.3, -0.25) is 10.1 Å². The maximum Gasteiger partial charge on any atom is 0.374 e. The summed E-state index contributed by atoms with van der Waals surface area (Å²) in [5.41, 5.74) is 0.374. The number of hydrogen-bond donors (Lipinski definition) is 0. The lowest BCUT2D eigenvalue weighted by Crippen LogP contribution is -2.48. The van der Waals surface area contributed by atoms with Crippen molar-refractivity contribution in [2.75, 3.05) is 37.7 Å². The van der Waals surface area contributed by atoms with Gasteiger partial charge in [0, 0.05) is 36.7 Å². The minimum atomic E-state index is -3.94. The third-order valence-corrected chi connectivity index (χ3v) is 6.63. The number of carbonyl (C=O) groups excluding carboxylic acids is 1. The van der Waals surface area contributed by atoms with E-state index in [2.05, 4.69) is 15.9 Å². The summed E-state index contributed by atoms with van der Waals surface area (Å²) in [6, 6.07) is 7.22. The van der Waals surface area contributed by atoms with Crippen molar-refractivity contribution in [2.24, 2.45) is 0 Å². The number of nitro groups is 1. The van der Waals surface area contributed by atoms with Crippen LogP contribution in [-0.4, -0.2) is 56.4 Å². The predicted octanol–water partition coefficient (Wildman–Crippen LogP) is 2.64. The third-order valence-electron chi connectivity index (χ3n) is 4.37. The van der Waals surface area contributed by atoms with Crippen LogP contribution in [0.3, 0.4) is 0 Å². The molecule has 0 bridgehead atoms. The number of nitro benzene ring substituents is 1. The zero-order valence-corrected chi connectivity index (χ0v) is 17.8. The normalized spacial score (nSPS) is 15.3. The summed E-state index contributed by atoms with van der Waals surface area (Å²) in [7, 11) is -3.94. The molecule has 1 fully saturated rings. The molecule has 1 aromatic carbocycles. The first-order valence-electron chi connectivity index (χ1n) is 8.70. The number of ether oxygens (including phenoxy) is 1. The monoisotopic (exact) mass is 487 g/mol. The Kier molecular flexibility index (Phi) is 6.24. The zero-order valence-electron chi connectivity index (χ0n) is 15.4. The van der Waals surface area contributed by atoms with Gasteiger partial charge in [0.15, 0.2) is 0 Å². The molecule has 29 heavy (non-hydrogen) atoms. The fourth-order valence-corrected chi connectivity index (χ4v) is 4.66. The highest BCUT2D eigenvalue weighted by Gasteiger charge is 2.33. The largest absolute Gasteiger partial charge is 0.460 e. The smallest absolute Gasteiger partial charge is 0.374 e. The van der Waals surface area contributed by atoms with Crippen molar-refractivity contribution < 1.29 is 27.3 Å². The molecule has 0 atom stereocenters. The third kappa shape index (κ3) is 4.43. The van der Waals surface area contributed by atoms with Crippen molar-refractivity contribution in [2.45, 2.75) is 12.0 Å². The van der Waals surface area contributed by atoms with Gasteiger partial charge in [-0.2, -0.15) is 4.31 Å². The number of sulfonamides is 1. The quantitative estimate of drug-likeness (QED) is 0.346. The summed E-state index contributed by atoms with van der Waals surface area (Å²) in [5, 5.41) is 11.0. The SMILES string of the molecule is CCOC(=O)c1ccc(S(=O)(=O)N2CCN(c3ccc(Br)cc3[N+](=O)[O-])CC2)o1. The van der Waals surface area contributed by atoms with Crippen LogP contribution in [-0.2, 0) is 14.8 Å². The van der Waals surface area contributed by atoms with Gasteiger partial charge < -0.3 is 14.1 Å². The molecular formula is C17H18BrN3O7S. The number of furan rings is 1. The summed E-state index contributed by atoms with van der Waals surface area (Å²) >= 11 is 3.22. The zero-order chi connectivity index (χ0) is 21.2. The highest BCUT2D eigenvalue weighted by Crippen LogP contribution is 2.32. The standard InChI is InChI=1S/C17H18BrN3O7S/c1-2-27-17(22)15-5-6-16(28-15)29(25,26)20-9-7-19(8-10-20)13-4-3-12(18)11-14(13)21(23)24/h3-6,11H,2,7-10H2,1H3. The lowest BCUT2D eigenvalue weighted by atomic mass is 10.2. The van der Waals surface area contributed by atoms with Gasteiger partial charge in [-0.1, -0.05) is 15.9 Å². The van der Waals surface area contributed by atoms with E-state index >= 15 is 0 Å². The Labute approximate surface area is 175 Å². The van der Waals surface area contributed by atoms with Crippen molar-refractivity contribution in [3.63, 3.8) is 0 Å². The van der Waals surface area contributed by atoms with Gasteiger partial charge in [0.2, 0.25) is 10.9 Å². The van der Waals surface area contributed by atoms with E-state index in [9.17, 15) is 23.3 Å². The van der Waals surface area contributed by atoms with E-state index < -0.39 is 20.9 Å². The fourth-order valence-electron chi connectivity index (χ4n) is 2.98. The van der Waals surface area contributed by atoms with Crippen molar-refractivity contribution >= 4 is 43.3 Å². The second-order valence-corrected chi connectivity index (χ2v) is 8.91. The van der Waals surface area contributed by atoms with Crippen LogP contribution in [0.2, 0.25) is 0 Å². The van der Waals surface area contributed by atoms with Crippen LogP contribution in [0, 0.1) is 10.1 Å². The molecule has 1 saturated heterocycles. The lowest BCUT2D eigenvalue weighted by Gasteiger charge is -2.34. The number of benzene rings is 1. The van der Waals surface area contributed by atoms with Gasteiger partial charge in [-0.25, -0.2) is 13.2 Å². The van der Waals surface area contributed by atoms with Crippen LogP contribution in [0.25, 0.3) is 0 Å².